The number of anilines is 3. The van der Waals surface area contributed by atoms with E-state index >= 15 is 0 Å². The number of carbonyl (C=O) groups excluding carboxylic acids is 1. The molecule has 1 saturated heterocycles. The monoisotopic (exact) mass is 455 g/mol. The highest BCUT2D eigenvalue weighted by atomic mass is 19.3. The Hall–Kier alpha value is -2.82. The zero-order valence-electron chi connectivity index (χ0n) is 17.6. The van der Waals surface area contributed by atoms with Crippen molar-refractivity contribution in [3.8, 4) is 0 Å². The van der Waals surface area contributed by atoms with Crippen molar-refractivity contribution in [1.29, 1.82) is 0 Å². The summed E-state index contributed by atoms with van der Waals surface area (Å²) < 4.78 is 60.2. The van der Waals surface area contributed by atoms with Gasteiger partial charge in [0.05, 0.1) is 12.6 Å². The van der Waals surface area contributed by atoms with Gasteiger partial charge in [-0.15, -0.1) is 0 Å². The van der Waals surface area contributed by atoms with Gasteiger partial charge in [0.1, 0.15) is 0 Å². The molecule has 2 aliphatic heterocycles. The number of hydrogen-bond donors (Lipinski definition) is 1. The van der Waals surface area contributed by atoms with Crippen molar-refractivity contribution in [1.82, 2.24) is 14.7 Å². The summed E-state index contributed by atoms with van der Waals surface area (Å²) in [6.45, 7) is 1.34. The molecule has 0 radical (unpaired) electrons. The number of rotatable bonds is 5. The minimum atomic E-state index is -3.09. The summed E-state index contributed by atoms with van der Waals surface area (Å²) in [5.74, 6) is -0.779. The zero-order valence-corrected chi connectivity index (χ0v) is 17.6. The second-order valence-corrected chi connectivity index (χ2v) is 8.02. The molecular formula is C21H25F4N5O2. The lowest BCUT2D eigenvalue weighted by Crippen LogP contribution is -2.40. The van der Waals surface area contributed by atoms with Gasteiger partial charge in [0, 0.05) is 61.4 Å². The van der Waals surface area contributed by atoms with Gasteiger partial charge in [0.2, 0.25) is 0 Å². The second-order valence-electron chi connectivity index (χ2n) is 8.02. The highest BCUT2D eigenvalue weighted by molar-refractivity contribution is 5.80. The molecule has 2 aliphatic rings. The molecule has 0 unspecified atom stereocenters. The Kier molecular flexibility index (Phi) is 6.27. The molecule has 0 atom stereocenters. The summed E-state index contributed by atoms with van der Waals surface area (Å²) in [7, 11) is 1.67. The number of aromatic nitrogens is 2. The van der Waals surface area contributed by atoms with Gasteiger partial charge in [0.15, 0.2) is 5.82 Å². The van der Waals surface area contributed by atoms with Crippen LogP contribution in [0.15, 0.2) is 18.2 Å². The van der Waals surface area contributed by atoms with Crippen LogP contribution in [0.2, 0.25) is 0 Å². The number of benzene rings is 1. The van der Waals surface area contributed by atoms with Gasteiger partial charge in [-0.1, -0.05) is 0 Å². The lowest BCUT2D eigenvalue weighted by Gasteiger charge is -2.30. The Morgan fingerprint density at radius 1 is 1.25 bits per heavy atom. The van der Waals surface area contributed by atoms with Crippen LogP contribution in [0.4, 0.5) is 34.8 Å². The first kappa shape index (κ1) is 22.4. The number of hydrogen-bond acceptors (Lipinski definition) is 5. The summed E-state index contributed by atoms with van der Waals surface area (Å²) >= 11 is 0. The molecule has 1 aromatic heterocycles. The van der Waals surface area contributed by atoms with Gasteiger partial charge in [-0.3, -0.25) is 9.48 Å². The first-order valence-electron chi connectivity index (χ1n) is 10.4. The predicted octanol–water partition coefficient (Wildman–Crippen LogP) is 3.67. The van der Waals surface area contributed by atoms with E-state index in [-0.39, 0.29) is 30.4 Å². The summed E-state index contributed by atoms with van der Waals surface area (Å²) in [6.07, 6.45) is -3.93. The van der Waals surface area contributed by atoms with E-state index in [1.54, 1.807) is 18.0 Å². The van der Waals surface area contributed by atoms with Gasteiger partial charge in [-0.2, -0.15) is 13.9 Å². The number of alkyl halides is 4. The van der Waals surface area contributed by atoms with Crippen molar-refractivity contribution in [3.05, 3.63) is 35.0 Å². The Balaban J connectivity index is 1.75. The molecule has 0 spiro atoms. The lowest BCUT2D eigenvalue weighted by molar-refractivity contribution is -0.143. The van der Waals surface area contributed by atoms with Crippen molar-refractivity contribution in [2.45, 2.75) is 44.7 Å². The molecule has 0 aliphatic carbocycles. The molecule has 7 nitrogen and oxygen atoms in total. The minimum Gasteiger partial charge on any atom is -0.398 e. The van der Waals surface area contributed by atoms with Gasteiger partial charge >= 0.3 is 6.43 Å². The third-order valence-electron chi connectivity index (χ3n) is 6.11. The van der Waals surface area contributed by atoms with Crippen LogP contribution in [-0.2, 0) is 22.5 Å². The maximum absolute atomic E-state index is 13.4. The van der Waals surface area contributed by atoms with Gasteiger partial charge in [0.25, 0.3) is 12.3 Å². The number of nitrogen functional groups attached to an aromatic ring is 1. The molecule has 1 aromatic carbocycles. The summed E-state index contributed by atoms with van der Waals surface area (Å²) in [5, 5.41) is 4.77. The second kappa shape index (κ2) is 8.97. The van der Waals surface area contributed by atoms with Crippen molar-refractivity contribution in [3.63, 3.8) is 0 Å². The fourth-order valence-corrected chi connectivity index (χ4v) is 4.34. The van der Waals surface area contributed by atoms with Crippen LogP contribution in [0.25, 0.3) is 0 Å². The van der Waals surface area contributed by atoms with E-state index in [1.165, 1.54) is 12.1 Å². The van der Waals surface area contributed by atoms with Crippen molar-refractivity contribution < 1.29 is 27.1 Å². The molecule has 11 heteroatoms. The number of halogens is 4. The van der Waals surface area contributed by atoms with Crippen molar-refractivity contribution in [2.24, 2.45) is 0 Å². The third kappa shape index (κ3) is 4.13. The Morgan fingerprint density at radius 2 is 1.97 bits per heavy atom. The molecule has 1 amide bonds. The van der Waals surface area contributed by atoms with Gasteiger partial charge in [-0.25, -0.2) is 8.78 Å². The summed E-state index contributed by atoms with van der Waals surface area (Å²) in [6, 6.07) is 4.39. The first-order chi connectivity index (χ1) is 15.3. The number of carbonyl (C=O) groups is 1. The maximum Gasteiger partial charge on any atom is 0.315 e. The molecule has 1 fully saturated rings. The fourth-order valence-electron chi connectivity index (χ4n) is 4.34. The molecule has 0 bridgehead atoms. The lowest BCUT2D eigenvalue weighted by atomic mass is 10.0. The smallest absolute Gasteiger partial charge is 0.315 e. The molecule has 174 valence electrons. The zero-order chi connectivity index (χ0) is 23.0. The van der Waals surface area contributed by atoms with E-state index < -0.39 is 18.8 Å². The Morgan fingerprint density at radius 3 is 2.62 bits per heavy atom. The number of nitrogens with zero attached hydrogens (tertiary/aromatic N) is 4. The maximum atomic E-state index is 13.4. The van der Waals surface area contributed by atoms with Crippen LogP contribution in [0.3, 0.4) is 0 Å². The highest BCUT2D eigenvalue weighted by Gasteiger charge is 2.34. The third-order valence-corrected chi connectivity index (χ3v) is 6.11. The average molecular weight is 455 g/mol. The molecule has 32 heavy (non-hydrogen) atoms. The standard InChI is InChI=1S/C21H25F4N5O2/c1-28(13-2-3-16(26)14(10-13)18(22)23)20-15-11-29(21(31)19(24)25)7-4-17(15)30(27-20)12-5-8-32-9-6-12/h2-3,10,12,18-19H,4-9,11,26H2,1H3. The van der Waals surface area contributed by atoms with Crippen LogP contribution >= 0.6 is 0 Å². The van der Waals surface area contributed by atoms with Crippen LogP contribution < -0.4 is 10.6 Å². The van der Waals surface area contributed by atoms with E-state index in [0.717, 1.165) is 23.4 Å². The molecule has 3 heterocycles. The fraction of sp³-hybridized carbons (Fsp3) is 0.524. The van der Waals surface area contributed by atoms with E-state index in [2.05, 4.69) is 0 Å². The van der Waals surface area contributed by atoms with E-state index in [0.29, 0.717) is 36.7 Å². The number of fused-ring (bicyclic) bond motifs is 1. The van der Waals surface area contributed by atoms with E-state index in [4.69, 9.17) is 15.6 Å². The van der Waals surface area contributed by atoms with Crippen LogP contribution in [-0.4, -0.2) is 53.8 Å². The summed E-state index contributed by atoms with van der Waals surface area (Å²) in [4.78, 5) is 14.7. The molecule has 0 saturated carbocycles. The van der Waals surface area contributed by atoms with Crippen LogP contribution in [0.1, 0.15) is 42.1 Å². The number of ether oxygens (including phenoxy) is 1. The number of nitrogens with two attached hydrogens (primary N) is 1. The highest BCUT2D eigenvalue weighted by Crippen LogP contribution is 2.37. The largest absolute Gasteiger partial charge is 0.398 e. The van der Waals surface area contributed by atoms with Gasteiger partial charge < -0.3 is 20.3 Å². The van der Waals surface area contributed by atoms with Crippen LogP contribution in [0.5, 0.6) is 0 Å². The molecule has 2 aromatic rings. The number of amides is 1. The quantitative estimate of drug-likeness (QED) is 0.550. The minimum absolute atomic E-state index is 0.0133. The van der Waals surface area contributed by atoms with Gasteiger partial charge in [-0.05, 0) is 31.0 Å². The van der Waals surface area contributed by atoms with E-state index in [1.807, 2.05) is 4.68 Å². The summed E-state index contributed by atoms with van der Waals surface area (Å²) in [5.41, 5.74) is 7.33. The Bertz CT molecular complexity index is 991. The Labute approximate surface area is 182 Å². The van der Waals surface area contributed by atoms with E-state index in [9.17, 15) is 22.4 Å². The molecular weight excluding hydrogens is 430 g/mol. The van der Waals surface area contributed by atoms with Crippen molar-refractivity contribution in [2.75, 3.05) is 37.4 Å². The average Bonchev–Trinajstić information content (AvgIpc) is 3.17. The molecule has 2 N–H and O–H groups in total. The first-order valence-corrected chi connectivity index (χ1v) is 10.4. The topological polar surface area (TPSA) is 76.6 Å². The molecule has 4 rings (SSSR count). The van der Waals surface area contributed by atoms with Crippen LogP contribution in [0, 0.1) is 0 Å². The normalized spacial score (nSPS) is 17.2. The van der Waals surface area contributed by atoms with Crippen molar-refractivity contribution >= 4 is 23.1 Å². The SMILES string of the molecule is CN(c1ccc(N)c(C(F)F)c1)c1nn(C2CCOCC2)c2c1CN(C(=O)C(F)F)CC2. The predicted molar refractivity (Wildman–Crippen MR) is 110 cm³/mol.